The lowest BCUT2D eigenvalue weighted by Crippen LogP contribution is -2.32. The molecule has 10 heteroatoms. The van der Waals surface area contributed by atoms with E-state index in [1.165, 1.54) is 11.3 Å². The number of anilines is 3. The van der Waals surface area contributed by atoms with Gasteiger partial charge < -0.3 is 5.32 Å². The van der Waals surface area contributed by atoms with E-state index in [2.05, 4.69) is 29.5 Å². The number of imide groups is 1. The molecule has 1 aromatic heterocycles. The Bertz CT molecular complexity index is 1610. The van der Waals surface area contributed by atoms with Gasteiger partial charge in [0.15, 0.2) is 5.13 Å². The number of nitrogens with zero attached hydrogens (tertiary/aromatic N) is 2. The van der Waals surface area contributed by atoms with Gasteiger partial charge in [-0.25, -0.2) is 9.88 Å². The molecule has 7 nitrogen and oxygen atoms in total. The highest BCUT2D eigenvalue weighted by molar-refractivity contribution is 7.14. The van der Waals surface area contributed by atoms with E-state index in [-0.39, 0.29) is 16.6 Å². The lowest BCUT2D eigenvalue weighted by molar-refractivity contribution is -0.120. The highest BCUT2D eigenvalue weighted by Crippen LogP contribution is 2.31. The highest BCUT2D eigenvalue weighted by Gasteiger charge is 2.39. The summed E-state index contributed by atoms with van der Waals surface area (Å²) < 4.78 is 0. The molecule has 39 heavy (non-hydrogen) atoms. The first-order valence-corrected chi connectivity index (χ1v) is 13.6. The summed E-state index contributed by atoms with van der Waals surface area (Å²) in [5.74, 6) is -1.25. The largest absolute Gasteiger partial charge is 0.350 e. The molecule has 0 saturated heterocycles. The number of rotatable bonds is 7. The summed E-state index contributed by atoms with van der Waals surface area (Å²) in [6.07, 6.45) is 0. The molecule has 3 aromatic carbocycles. The summed E-state index contributed by atoms with van der Waals surface area (Å²) in [6.45, 7) is 4.12. The Hall–Kier alpha value is -3.98. The zero-order chi connectivity index (χ0) is 27.7. The van der Waals surface area contributed by atoms with Gasteiger partial charge in [0.05, 0.1) is 11.4 Å². The summed E-state index contributed by atoms with van der Waals surface area (Å²) in [4.78, 5) is 44.4. The van der Waals surface area contributed by atoms with Crippen molar-refractivity contribution in [3.8, 4) is 11.3 Å². The van der Waals surface area contributed by atoms with E-state index in [1.807, 2.05) is 29.6 Å². The molecule has 1 aliphatic heterocycles. The maximum absolute atomic E-state index is 13.2. The van der Waals surface area contributed by atoms with Crippen LogP contribution in [-0.4, -0.2) is 22.7 Å². The third-order valence-electron chi connectivity index (χ3n) is 6.10. The molecule has 5 rings (SSSR count). The van der Waals surface area contributed by atoms with E-state index in [4.69, 9.17) is 23.2 Å². The second-order valence-electron chi connectivity index (χ2n) is 9.09. The number of amides is 3. The Balaban J connectivity index is 1.29. The third-order valence-corrected chi connectivity index (χ3v) is 7.46. The average Bonchev–Trinajstić information content (AvgIpc) is 3.47. The van der Waals surface area contributed by atoms with Crippen molar-refractivity contribution in [1.29, 1.82) is 0 Å². The summed E-state index contributed by atoms with van der Waals surface area (Å²) >= 11 is 13.5. The zero-order valence-corrected chi connectivity index (χ0v) is 23.2. The minimum Gasteiger partial charge on any atom is -0.350 e. The smallest absolute Gasteiger partial charge is 0.283 e. The van der Waals surface area contributed by atoms with Crippen LogP contribution < -0.4 is 15.5 Å². The number of hydrogen-bond acceptors (Lipinski definition) is 6. The van der Waals surface area contributed by atoms with Gasteiger partial charge in [-0.1, -0.05) is 67.4 Å². The van der Waals surface area contributed by atoms with Gasteiger partial charge in [-0.15, -0.1) is 11.3 Å². The molecule has 1 aliphatic rings. The summed E-state index contributed by atoms with van der Waals surface area (Å²) in [5, 5.41) is 8.40. The normalized spacial score (nSPS) is 13.4. The lowest BCUT2D eigenvalue weighted by atomic mass is 10.0. The van der Waals surface area contributed by atoms with Crippen molar-refractivity contribution in [2.45, 2.75) is 19.8 Å². The van der Waals surface area contributed by atoms with E-state index >= 15 is 0 Å². The fourth-order valence-electron chi connectivity index (χ4n) is 3.99. The van der Waals surface area contributed by atoms with Gasteiger partial charge in [0.25, 0.3) is 17.7 Å². The van der Waals surface area contributed by atoms with Gasteiger partial charge in [-0.05, 0) is 53.9 Å². The van der Waals surface area contributed by atoms with Crippen LogP contribution in [0.15, 0.2) is 88.9 Å². The second kappa shape index (κ2) is 11.0. The molecular formula is C29H22Cl2N4O3S. The number of benzene rings is 3. The Morgan fingerprint density at radius 2 is 1.67 bits per heavy atom. The van der Waals surface area contributed by atoms with Gasteiger partial charge in [0.2, 0.25) is 0 Å². The quantitative estimate of drug-likeness (QED) is 0.226. The maximum Gasteiger partial charge on any atom is 0.283 e. The molecule has 0 unspecified atom stereocenters. The Labute approximate surface area is 239 Å². The molecule has 2 N–H and O–H groups in total. The molecule has 196 valence electrons. The Kier molecular flexibility index (Phi) is 7.52. The fourth-order valence-corrected chi connectivity index (χ4v) is 5.04. The molecular weight excluding hydrogens is 555 g/mol. The van der Waals surface area contributed by atoms with Gasteiger partial charge in [-0.2, -0.15) is 0 Å². The van der Waals surface area contributed by atoms with Gasteiger partial charge in [-0.3, -0.25) is 19.7 Å². The Morgan fingerprint density at radius 3 is 2.36 bits per heavy atom. The first kappa shape index (κ1) is 26.6. The predicted octanol–water partition coefficient (Wildman–Crippen LogP) is 7.27. The first-order chi connectivity index (χ1) is 18.7. The maximum atomic E-state index is 13.2. The van der Waals surface area contributed by atoms with E-state index in [1.54, 1.807) is 48.5 Å². The Morgan fingerprint density at radius 1 is 0.949 bits per heavy atom. The van der Waals surface area contributed by atoms with Crippen LogP contribution in [0.4, 0.5) is 16.5 Å². The van der Waals surface area contributed by atoms with Gasteiger partial charge in [0.1, 0.15) is 10.7 Å². The van der Waals surface area contributed by atoms with Crippen molar-refractivity contribution in [3.63, 3.8) is 0 Å². The SMILES string of the molecule is CC(C)c1ccc(N2C(=O)C(Cl)=C(Nc3cccc(C(=O)Nc4nc(-c5ccc(Cl)cc5)cs4)c3)C2=O)cc1. The molecule has 0 aliphatic carbocycles. The average molecular weight is 577 g/mol. The van der Waals surface area contributed by atoms with Crippen molar-refractivity contribution in [2.24, 2.45) is 0 Å². The lowest BCUT2D eigenvalue weighted by Gasteiger charge is -2.16. The highest BCUT2D eigenvalue weighted by atomic mass is 35.5. The fraction of sp³-hybridized carbons (Fsp3) is 0.103. The molecule has 0 atom stereocenters. The third kappa shape index (κ3) is 5.59. The van der Waals surface area contributed by atoms with Crippen molar-refractivity contribution in [3.05, 3.63) is 105 Å². The van der Waals surface area contributed by atoms with Crippen molar-refractivity contribution in [2.75, 3.05) is 15.5 Å². The van der Waals surface area contributed by atoms with Crippen LogP contribution in [0.5, 0.6) is 0 Å². The van der Waals surface area contributed by atoms with Crippen molar-refractivity contribution < 1.29 is 14.4 Å². The monoisotopic (exact) mass is 576 g/mol. The molecule has 3 amide bonds. The molecule has 4 aromatic rings. The number of nitrogens with one attached hydrogen (secondary N) is 2. The number of thiazole rings is 1. The molecule has 0 bridgehead atoms. The minimum absolute atomic E-state index is 0.0558. The zero-order valence-electron chi connectivity index (χ0n) is 20.9. The summed E-state index contributed by atoms with van der Waals surface area (Å²) in [6, 6.07) is 21.0. The molecule has 0 saturated carbocycles. The van der Waals surface area contributed by atoms with E-state index < -0.39 is 11.8 Å². The van der Waals surface area contributed by atoms with E-state index in [0.29, 0.717) is 33.0 Å². The van der Waals surface area contributed by atoms with Crippen LogP contribution in [-0.2, 0) is 9.59 Å². The number of aromatic nitrogens is 1. The summed E-state index contributed by atoms with van der Waals surface area (Å²) in [7, 11) is 0. The first-order valence-electron chi connectivity index (χ1n) is 12.0. The number of halogens is 2. The van der Waals surface area contributed by atoms with Gasteiger partial charge >= 0.3 is 0 Å². The van der Waals surface area contributed by atoms with Crippen molar-refractivity contribution >= 4 is 68.8 Å². The predicted molar refractivity (Wildman–Crippen MR) is 156 cm³/mol. The minimum atomic E-state index is -0.615. The molecule has 0 radical (unpaired) electrons. The van der Waals surface area contributed by atoms with Crippen LogP contribution in [0.25, 0.3) is 11.3 Å². The van der Waals surface area contributed by atoms with Crippen LogP contribution in [0.2, 0.25) is 5.02 Å². The topological polar surface area (TPSA) is 91.4 Å². The van der Waals surface area contributed by atoms with Gasteiger partial charge in [0, 0.05) is 27.2 Å². The number of hydrogen-bond donors (Lipinski definition) is 2. The molecule has 0 fully saturated rings. The van der Waals surface area contributed by atoms with E-state index in [9.17, 15) is 14.4 Å². The van der Waals surface area contributed by atoms with Crippen LogP contribution in [0.3, 0.4) is 0 Å². The van der Waals surface area contributed by atoms with Crippen LogP contribution in [0.1, 0.15) is 35.7 Å². The van der Waals surface area contributed by atoms with E-state index in [0.717, 1.165) is 21.7 Å². The number of carbonyl (C=O) groups excluding carboxylic acids is 3. The number of carbonyl (C=O) groups is 3. The second-order valence-corrected chi connectivity index (χ2v) is 10.8. The molecule has 2 heterocycles. The summed E-state index contributed by atoms with van der Waals surface area (Å²) in [5.41, 5.74) is 3.82. The van der Waals surface area contributed by atoms with Crippen molar-refractivity contribution in [1.82, 2.24) is 4.98 Å². The molecule has 0 spiro atoms. The van der Waals surface area contributed by atoms with Crippen LogP contribution >= 0.6 is 34.5 Å². The van der Waals surface area contributed by atoms with Crippen LogP contribution in [0, 0.1) is 0 Å². The standard InChI is InChI=1S/C29H22Cl2N4O3S/c1-16(2)17-8-12-22(13-9-17)35-27(37)24(31)25(28(35)38)32-21-5-3-4-19(14-21)26(36)34-29-33-23(15-39-29)18-6-10-20(30)11-7-18/h3-16,32H,1-2H3,(H,33,34,36).